The summed E-state index contributed by atoms with van der Waals surface area (Å²) in [7, 11) is 0. The second-order valence-corrected chi connectivity index (χ2v) is 11.0. The summed E-state index contributed by atoms with van der Waals surface area (Å²) < 4.78 is 6.50. The Morgan fingerprint density at radius 1 is 0.564 bits per heavy atom. The summed E-state index contributed by atoms with van der Waals surface area (Å²) in [5.41, 5.74) is 10.4. The first-order valence-corrected chi connectivity index (χ1v) is 13.5. The van der Waals surface area contributed by atoms with Gasteiger partial charge in [-0.3, -0.25) is 0 Å². The zero-order chi connectivity index (χ0) is 26.1. The van der Waals surface area contributed by atoms with Crippen molar-refractivity contribution in [1.82, 2.24) is 0 Å². The van der Waals surface area contributed by atoms with E-state index in [1.54, 1.807) is 0 Å². The van der Waals surface area contributed by atoms with Crippen molar-refractivity contribution in [1.29, 1.82) is 0 Å². The van der Waals surface area contributed by atoms with Crippen molar-refractivity contribution < 1.29 is 4.42 Å². The number of anilines is 3. The van der Waals surface area contributed by atoms with Crippen LogP contribution >= 0.6 is 0 Å². The van der Waals surface area contributed by atoms with Crippen molar-refractivity contribution >= 4 is 49.8 Å². The zero-order valence-electron chi connectivity index (χ0n) is 22.0. The lowest BCUT2D eigenvalue weighted by molar-refractivity contribution is 0.653. The number of benzene rings is 6. The normalized spacial score (nSPS) is 13.6. The summed E-state index contributed by atoms with van der Waals surface area (Å²) in [5, 5.41) is 4.82. The molecular weight excluding hydrogens is 474 g/mol. The highest BCUT2D eigenvalue weighted by Gasteiger charge is 2.38. The van der Waals surface area contributed by atoms with E-state index in [1.807, 2.05) is 6.07 Å². The predicted octanol–water partition coefficient (Wildman–Crippen LogP) is 10.5. The van der Waals surface area contributed by atoms with Gasteiger partial charge in [-0.1, -0.05) is 105 Å². The Labute approximate surface area is 227 Å². The second kappa shape index (κ2) is 8.09. The third-order valence-electron chi connectivity index (χ3n) is 8.45. The number of hydrogen-bond acceptors (Lipinski definition) is 2. The topological polar surface area (TPSA) is 16.4 Å². The standard InChI is InChI=1S/C37H27NO/c1-37(2)31-22-21-29-28-16-8-9-18-34(28)39-36(29)35(31)30-20-19-26(23-32(30)37)38(25-13-4-3-5-14-25)33-17-10-12-24-11-6-7-15-27(24)33/h3-23H,1-2H3. The van der Waals surface area contributed by atoms with Gasteiger partial charge in [0.25, 0.3) is 0 Å². The van der Waals surface area contributed by atoms with Crippen LogP contribution in [0.3, 0.4) is 0 Å². The van der Waals surface area contributed by atoms with Gasteiger partial charge in [0.15, 0.2) is 0 Å². The van der Waals surface area contributed by atoms with Crippen molar-refractivity contribution in [3.8, 4) is 11.1 Å². The predicted molar refractivity (Wildman–Crippen MR) is 163 cm³/mol. The molecule has 0 atom stereocenters. The largest absolute Gasteiger partial charge is 0.455 e. The second-order valence-electron chi connectivity index (χ2n) is 11.0. The Morgan fingerprint density at radius 3 is 2.18 bits per heavy atom. The van der Waals surface area contributed by atoms with E-state index in [0.717, 1.165) is 22.5 Å². The maximum absolute atomic E-state index is 6.50. The van der Waals surface area contributed by atoms with Gasteiger partial charge in [-0.15, -0.1) is 0 Å². The van der Waals surface area contributed by atoms with Crippen LogP contribution in [0, 0.1) is 0 Å². The molecule has 0 radical (unpaired) electrons. The molecule has 1 heterocycles. The molecule has 1 aromatic heterocycles. The van der Waals surface area contributed by atoms with Crippen LogP contribution in [0.5, 0.6) is 0 Å². The highest BCUT2D eigenvalue weighted by Crippen LogP contribution is 2.54. The van der Waals surface area contributed by atoms with E-state index in [0.29, 0.717) is 0 Å². The molecule has 1 aliphatic rings. The van der Waals surface area contributed by atoms with Crippen LogP contribution in [0.15, 0.2) is 132 Å². The molecular formula is C37H27NO. The van der Waals surface area contributed by atoms with Gasteiger partial charge in [-0.25, -0.2) is 0 Å². The molecule has 0 amide bonds. The summed E-state index contributed by atoms with van der Waals surface area (Å²) in [6.45, 7) is 4.67. The van der Waals surface area contributed by atoms with E-state index in [1.165, 1.54) is 49.5 Å². The molecule has 0 N–H and O–H groups in total. The first-order valence-electron chi connectivity index (χ1n) is 13.5. The highest BCUT2D eigenvalue weighted by atomic mass is 16.3. The van der Waals surface area contributed by atoms with E-state index in [2.05, 4.69) is 140 Å². The molecule has 6 aromatic carbocycles. The van der Waals surface area contributed by atoms with E-state index >= 15 is 0 Å². The van der Waals surface area contributed by atoms with Crippen LogP contribution < -0.4 is 4.90 Å². The first-order chi connectivity index (χ1) is 19.1. The lowest BCUT2D eigenvalue weighted by atomic mass is 9.82. The molecule has 2 nitrogen and oxygen atoms in total. The smallest absolute Gasteiger partial charge is 0.143 e. The molecule has 0 unspecified atom stereocenters. The van der Waals surface area contributed by atoms with Gasteiger partial charge in [0.05, 0.1) is 5.69 Å². The fourth-order valence-electron chi connectivity index (χ4n) is 6.54. The number of para-hydroxylation sites is 2. The van der Waals surface area contributed by atoms with Crippen LogP contribution in [-0.2, 0) is 5.41 Å². The average molecular weight is 502 g/mol. The van der Waals surface area contributed by atoms with Gasteiger partial charge in [0.1, 0.15) is 11.2 Å². The van der Waals surface area contributed by atoms with Crippen LogP contribution in [0.4, 0.5) is 17.1 Å². The van der Waals surface area contributed by atoms with Gasteiger partial charge >= 0.3 is 0 Å². The van der Waals surface area contributed by atoms with Gasteiger partial charge in [0, 0.05) is 38.5 Å². The Bertz CT molecular complexity index is 2040. The van der Waals surface area contributed by atoms with Crippen LogP contribution in [0.25, 0.3) is 43.8 Å². The molecule has 0 spiro atoms. The SMILES string of the molecule is CC1(C)c2cc(N(c3ccccc3)c3cccc4ccccc34)ccc2-c2c1ccc1c2oc2ccccc21. The molecule has 0 aliphatic heterocycles. The minimum Gasteiger partial charge on any atom is -0.455 e. The molecule has 0 bridgehead atoms. The monoisotopic (exact) mass is 501 g/mol. The van der Waals surface area contributed by atoms with E-state index < -0.39 is 0 Å². The molecule has 2 heteroatoms. The third-order valence-corrected chi connectivity index (χ3v) is 8.45. The lowest BCUT2D eigenvalue weighted by Gasteiger charge is -2.29. The summed E-state index contributed by atoms with van der Waals surface area (Å²) in [5.74, 6) is 0. The fraction of sp³-hybridized carbons (Fsp3) is 0.0811. The van der Waals surface area contributed by atoms with Crippen molar-refractivity contribution in [2.24, 2.45) is 0 Å². The van der Waals surface area contributed by atoms with Crippen LogP contribution in [0.2, 0.25) is 0 Å². The summed E-state index contributed by atoms with van der Waals surface area (Å²) >= 11 is 0. The zero-order valence-corrected chi connectivity index (χ0v) is 22.0. The Balaban J connectivity index is 1.38. The summed E-state index contributed by atoms with van der Waals surface area (Å²) in [4.78, 5) is 2.39. The molecule has 0 saturated carbocycles. The fourth-order valence-corrected chi connectivity index (χ4v) is 6.54. The molecule has 1 aliphatic carbocycles. The van der Waals surface area contributed by atoms with E-state index in [4.69, 9.17) is 4.42 Å². The molecule has 8 rings (SSSR count). The molecule has 0 fully saturated rings. The van der Waals surface area contributed by atoms with Crippen molar-refractivity contribution in [2.45, 2.75) is 19.3 Å². The van der Waals surface area contributed by atoms with Gasteiger partial charge in [-0.2, -0.15) is 0 Å². The van der Waals surface area contributed by atoms with E-state index in [-0.39, 0.29) is 5.41 Å². The first kappa shape index (κ1) is 22.2. The summed E-state index contributed by atoms with van der Waals surface area (Å²) in [6, 6.07) is 45.7. The maximum atomic E-state index is 6.50. The number of hydrogen-bond donors (Lipinski definition) is 0. The molecule has 39 heavy (non-hydrogen) atoms. The average Bonchev–Trinajstić information content (AvgIpc) is 3.46. The Hall–Kier alpha value is -4.82. The number of nitrogens with zero attached hydrogens (tertiary/aromatic N) is 1. The quantitative estimate of drug-likeness (QED) is 0.239. The maximum Gasteiger partial charge on any atom is 0.143 e. The number of rotatable bonds is 3. The van der Waals surface area contributed by atoms with Crippen LogP contribution in [-0.4, -0.2) is 0 Å². The molecule has 7 aromatic rings. The van der Waals surface area contributed by atoms with Crippen molar-refractivity contribution in [3.63, 3.8) is 0 Å². The van der Waals surface area contributed by atoms with Crippen LogP contribution in [0.1, 0.15) is 25.0 Å². The van der Waals surface area contributed by atoms with Gasteiger partial charge < -0.3 is 9.32 Å². The molecule has 0 saturated heterocycles. The minimum absolute atomic E-state index is 0.158. The minimum atomic E-state index is -0.158. The number of fused-ring (bicyclic) bond motifs is 8. The highest BCUT2D eigenvalue weighted by molar-refractivity contribution is 6.12. The Kier molecular flexibility index (Phi) is 4.60. The van der Waals surface area contributed by atoms with Crippen molar-refractivity contribution in [2.75, 3.05) is 4.90 Å². The summed E-state index contributed by atoms with van der Waals surface area (Å²) in [6.07, 6.45) is 0. The van der Waals surface area contributed by atoms with E-state index in [9.17, 15) is 0 Å². The lowest BCUT2D eigenvalue weighted by Crippen LogP contribution is -2.16. The van der Waals surface area contributed by atoms with Gasteiger partial charge in [-0.05, 0) is 58.5 Å². The van der Waals surface area contributed by atoms with Crippen molar-refractivity contribution in [3.05, 3.63) is 139 Å². The molecule has 186 valence electrons. The third kappa shape index (κ3) is 3.15. The van der Waals surface area contributed by atoms with Gasteiger partial charge in [0.2, 0.25) is 0 Å². The Morgan fingerprint density at radius 2 is 1.31 bits per heavy atom. The number of furan rings is 1.